The van der Waals surface area contributed by atoms with Crippen LogP contribution < -0.4 is 5.32 Å². The van der Waals surface area contributed by atoms with Crippen molar-refractivity contribution in [2.45, 2.75) is 39.3 Å². The van der Waals surface area contributed by atoms with Gasteiger partial charge in [-0.3, -0.25) is 4.90 Å². The standard InChI is InChI=1S/C11H24N2O/c1-10-9-13(7-8-14-10)6-5-12-11(2,3)4/h10,12H,5-9H2,1-4H3. The molecule has 14 heavy (non-hydrogen) atoms. The molecule has 3 nitrogen and oxygen atoms in total. The molecule has 1 fully saturated rings. The molecular formula is C11H24N2O. The van der Waals surface area contributed by atoms with Gasteiger partial charge in [0, 0.05) is 31.7 Å². The minimum atomic E-state index is 0.234. The van der Waals surface area contributed by atoms with E-state index in [1.165, 1.54) is 0 Å². The smallest absolute Gasteiger partial charge is 0.0674 e. The highest BCUT2D eigenvalue weighted by molar-refractivity contribution is 4.73. The molecule has 1 unspecified atom stereocenters. The van der Waals surface area contributed by atoms with Gasteiger partial charge in [-0.15, -0.1) is 0 Å². The van der Waals surface area contributed by atoms with Gasteiger partial charge in [0.2, 0.25) is 0 Å². The number of ether oxygens (including phenoxy) is 1. The van der Waals surface area contributed by atoms with Gasteiger partial charge < -0.3 is 10.1 Å². The van der Waals surface area contributed by atoms with Crippen LogP contribution in [0.3, 0.4) is 0 Å². The molecule has 0 aromatic carbocycles. The van der Waals surface area contributed by atoms with Crippen LogP contribution in [0, 0.1) is 0 Å². The van der Waals surface area contributed by atoms with Crippen LogP contribution >= 0.6 is 0 Å². The Balaban J connectivity index is 2.12. The maximum atomic E-state index is 5.49. The fourth-order valence-corrected chi connectivity index (χ4v) is 1.68. The van der Waals surface area contributed by atoms with E-state index in [0.717, 1.165) is 32.8 Å². The zero-order valence-electron chi connectivity index (χ0n) is 9.97. The van der Waals surface area contributed by atoms with E-state index < -0.39 is 0 Å². The molecule has 0 radical (unpaired) electrons. The van der Waals surface area contributed by atoms with E-state index in [2.05, 4.69) is 37.9 Å². The first-order valence-electron chi connectivity index (χ1n) is 5.56. The molecule has 0 aromatic heterocycles. The zero-order valence-corrected chi connectivity index (χ0v) is 9.97. The van der Waals surface area contributed by atoms with Crippen molar-refractivity contribution in [1.82, 2.24) is 10.2 Å². The van der Waals surface area contributed by atoms with Crippen molar-refractivity contribution in [3.63, 3.8) is 0 Å². The normalized spacial score (nSPS) is 25.3. The Morgan fingerprint density at radius 2 is 2.14 bits per heavy atom. The second-order valence-corrected chi connectivity index (χ2v) is 5.16. The van der Waals surface area contributed by atoms with Crippen LogP contribution in [0.2, 0.25) is 0 Å². The number of hydrogen-bond donors (Lipinski definition) is 1. The first-order valence-corrected chi connectivity index (χ1v) is 5.56. The highest BCUT2D eigenvalue weighted by Crippen LogP contribution is 2.04. The largest absolute Gasteiger partial charge is 0.376 e. The summed E-state index contributed by atoms with van der Waals surface area (Å²) in [6.07, 6.45) is 0.401. The Labute approximate surface area is 87.8 Å². The second kappa shape index (κ2) is 5.10. The van der Waals surface area contributed by atoms with E-state index in [1.54, 1.807) is 0 Å². The maximum Gasteiger partial charge on any atom is 0.0674 e. The first kappa shape index (κ1) is 12.0. The van der Waals surface area contributed by atoms with Crippen LogP contribution in [0.25, 0.3) is 0 Å². The van der Waals surface area contributed by atoms with Crippen molar-refractivity contribution in [2.75, 3.05) is 32.8 Å². The second-order valence-electron chi connectivity index (χ2n) is 5.16. The molecule has 1 saturated heterocycles. The summed E-state index contributed by atoms with van der Waals surface area (Å²) in [7, 11) is 0. The van der Waals surface area contributed by atoms with Gasteiger partial charge in [-0.2, -0.15) is 0 Å². The van der Waals surface area contributed by atoms with E-state index in [0.29, 0.717) is 6.10 Å². The van der Waals surface area contributed by atoms with Gasteiger partial charge in [-0.1, -0.05) is 0 Å². The molecule has 1 heterocycles. The molecule has 0 aliphatic carbocycles. The third kappa shape index (κ3) is 4.94. The van der Waals surface area contributed by atoms with Crippen LogP contribution in [-0.4, -0.2) is 49.3 Å². The summed E-state index contributed by atoms with van der Waals surface area (Å²) in [6.45, 7) is 14.0. The molecule has 3 heteroatoms. The molecule has 0 saturated carbocycles. The van der Waals surface area contributed by atoms with Crippen LogP contribution in [0.4, 0.5) is 0 Å². The van der Waals surface area contributed by atoms with Crippen LogP contribution in [0.5, 0.6) is 0 Å². The average Bonchev–Trinajstić information content (AvgIpc) is 2.01. The molecule has 1 atom stereocenters. The highest BCUT2D eigenvalue weighted by atomic mass is 16.5. The Morgan fingerprint density at radius 3 is 2.71 bits per heavy atom. The summed E-state index contributed by atoms with van der Waals surface area (Å²) < 4.78 is 5.49. The van der Waals surface area contributed by atoms with Gasteiger partial charge in [0.1, 0.15) is 0 Å². The molecule has 1 rings (SSSR count). The van der Waals surface area contributed by atoms with Gasteiger partial charge in [0.25, 0.3) is 0 Å². The minimum absolute atomic E-state index is 0.234. The van der Waals surface area contributed by atoms with Gasteiger partial charge in [-0.05, 0) is 27.7 Å². The summed E-state index contributed by atoms with van der Waals surface area (Å²) in [5, 5.41) is 3.50. The molecule has 0 aromatic rings. The highest BCUT2D eigenvalue weighted by Gasteiger charge is 2.16. The number of morpholine rings is 1. The lowest BCUT2D eigenvalue weighted by Crippen LogP contribution is -2.46. The molecule has 1 N–H and O–H groups in total. The Kier molecular flexibility index (Phi) is 4.35. The van der Waals surface area contributed by atoms with Gasteiger partial charge >= 0.3 is 0 Å². The van der Waals surface area contributed by atoms with E-state index in [4.69, 9.17) is 4.74 Å². The lowest BCUT2D eigenvalue weighted by atomic mass is 10.1. The van der Waals surface area contributed by atoms with Crippen molar-refractivity contribution < 1.29 is 4.74 Å². The van der Waals surface area contributed by atoms with Crippen LogP contribution in [-0.2, 0) is 4.74 Å². The number of nitrogens with one attached hydrogen (secondary N) is 1. The Hall–Kier alpha value is -0.120. The van der Waals surface area contributed by atoms with E-state index in [1.807, 2.05) is 0 Å². The predicted octanol–water partition coefficient (Wildman–Crippen LogP) is 1.10. The molecule has 0 spiro atoms. The van der Waals surface area contributed by atoms with Crippen molar-refractivity contribution in [1.29, 1.82) is 0 Å². The van der Waals surface area contributed by atoms with Gasteiger partial charge in [-0.25, -0.2) is 0 Å². The van der Waals surface area contributed by atoms with Crippen LogP contribution in [0.15, 0.2) is 0 Å². The van der Waals surface area contributed by atoms with Crippen molar-refractivity contribution in [3.05, 3.63) is 0 Å². The first-order chi connectivity index (χ1) is 6.47. The molecule has 1 aliphatic heterocycles. The average molecular weight is 200 g/mol. The third-order valence-corrected chi connectivity index (χ3v) is 2.41. The third-order valence-electron chi connectivity index (χ3n) is 2.41. The van der Waals surface area contributed by atoms with Crippen molar-refractivity contribution in [3.8, 4) is 0 Å². The predicted molar refractivity (Wildman–Crippen MR) is 59.6 cm³/mol. The number of rotatable bonds is 3. The minimum Gasteiger partial charge on any atom is -0.376 e. The summed E-state index contributed by atoms with van der Waals surface area (Å²) in [5.41, 5.74) is 0.234. The number of nitrogens with zero attached hydrogens (tertiary/aromatic N) is 1. The molecule has 84 valence electrons. The van der Waals surface area contributed by atoms with Gasteiger partial charge in [0.15, 0.2) is 0 Å². The van der Waals surface area contributed by atoms with Crippen molar-refractivity contribution in [2.24, 2.45) is 0 Å². The number of hydrogen-bond acceptors (Lipinski definition) is 3. The summed E-state index contributed by atoms with van der Waals surface area (Å²) in [5.74, 6) is 0. The quantitative estimate of drug-likeness (QED) is 0.738. The van der Waals surface area contributed by atoms with E-state index >= 15 is 0 Å². The van der Waals surface area contributed by atoms with E-state index in [-0.39, 0.29) is 5.54 Å². The molecule has 0 bridgehead atoms. The zero-order chi connectivity index (χ0) is 10.6. The SMILES string of the molecule is CC1CN(CCNC(C)(C)C)CCO1. The summed E-state index contributed by atoms with van der Waals surface area (Å²) in [4.78, 5) is 2.47. The van der Waals surface area contributed by atoms with Crippen molar-refractivity contribution >= 4 is 0 Å². The lowest BCUT2D eigenvalue weighted by Gasteiger charge is -2.32. The summed E-state index contributed by atoms with van der Waals surface area (Å²) in [6, 6.07) is 0. The molecular weight excluding hydrogens is 176 g/mol. The van der Waals surface area contributed by atoms with E-state index in [9.17, 15) is 0 Å². The summed E-state index contributed by atoms with van der Waals surface area (Å²) >= 11 is 0. The van der Waals surface area contributed by atoms with Crippen LogP contribution in [0.1, 0.15) is 27.7 Å². The lowest BCUT2D eigenvalue weighted by molar-refractivity contribution is -0.0180. The topological polar surface area (TPSA) is 24.5 Å². The van der Waals surface area contributed by atoms with Gasteiger partial charge in [0.05, 0.1) is 12.7 Å². The fraction of sp³-hybridized carbons (Fsp3) is 1.00. The maximum absolute atomic E-state index is 5.49. The molecule has 0 amide bonds. The monoisotopic (exact) mass is 200 g/mol. The molecule has 1 aliphatic rings. The fourth-order valence-electron chi connectivity index (χ4n) is 1.68. The Morgan fingerprint density at radius 1 is 1.43 bits per heavy atom. The Bertz CT molecular complexity index is 165.